The lowest BCUT2D eigenvalue weighted by Gasteiger charge is -2.29. The third-order valence-electron chi connectivity index (χ3n) is 3.01. The Balaban J connectivity index is 2.54. The Labute approximate surface area is 85.1 Å². The van der Waals surface area contributed by atoms with Crippen LogP contribution in [-0.4, -0.2) is 6.10 Å². The molecule has 0 aromatic heterocycles. The molecule has 0 saturated carbocycles. The maximum atomic E-state index is 6.08. The van der Waals surface area contributed by atoms with Gasteiger partial charge in [-0.1, -0.05) is 12.1 Å². The minimum absolute atomic E-state index is 0.132. The van der Waals surface area contributed by atoms with Gasteiger partial charge in [0.25, 0.3) is 0 Å². The standard InChI is InChI=1S/C12H17NO/c1-7-4-5-10-11(13)6-8(2)14-12(10)9(7)3/h4-5,8,11H,6,13H2,1-3H3. The molecule has 2 nitrogen and oxygen atoms in total. The Bertz CT molecular complexity index is 360. The summed E-state index contributed by atoms with van der Waals surface area (Å²) in [6.07, 6.45) is 1.15. The van der Waals surface area contributed by atoms with Crippen LogP contribution in [0.2, 0.25) is 0 Å². The quantitative estimate of drug-likeness (QED) is 0.683. The van der Waals surface area contributed by atoms with Crippen LogP contribution >= 0.6 is 0 Å². The van der Waals surface area contributed by atoms with Crippen LogP contribution in [0.5, 0.6) is 5.75 Å². The molecule has 0 aliphatic carbocycles. The Morgan fingerprint density at radius 3 is 2.79 bits per heavy atom. The van der Waals surface area contributed by atoms with E-state index in [1.807, 2.05) is 0 Å². The lowest BCUT2D eigenvalue weighted by molar-refractivity contribution is 0.175. The van der Waals surface area contributed by atoms with E-state index in [9.17, 15) is 0 Å². The normalized spacial score (nSPS) is 25.4. The van der Waals surface area contributed by atoms with E-state index in [1.54, 1.807) is 0 Å². The van der Waals surface area contributed by atoms with Crippen molar-refractivity contribution >= 4 is 0 Å². The van der Waals surface area contributed by atoms with Gasteiger partial charge in [-0.05, 0) is 31.9 Å². The highest BCUT2D eigenvalue weighted by Gasteiger charge is 2.24. The molecule has 2 rings (SSSR count). The first kappa shape index (κ1) is 9.53. The SMILES string of the molecule is Cc1ccc2c(c1C)OC(C)CC2N. The summed E-state index contributed by atoms with van der Waals surface area (Å²) in [4.78, 5) is 0. The molecule has 76 valence electrons. The molecule has 0 bridgehead atoms. The zero-order valence-electron chi connectivity index (χ0n) is 9.00. The number of rotatable bonds is 0. The van der Waals surface area contributed by atoms with Crippen molar-refractivity contribution in [1.29, 1.82) is 0 Å². The van der Waals surface area contributed by atoms with Crippen molar-refractivity contribution in [3.8, 4) is 5.75 Å². The first-order chi connectivity index (χ1) is 6.59. The van der Waals surface area contributed by atoms with E-state index in [1.165, 1.54) is 11.1 Å². The maximum absolute atomic E-state index is 6.08. The van der Waals surface area contributed by atoms with Crippen molar-refractivity contribution in [2.24, 2.45) is 5.73 Å². The number of nitrogens with two attached hydrogens (primary N) is 1. The fraction of sp³-hybridized carbons (Fsp3) is 0.500. The lowest BCUT2D eigenvalue weighted by atomic mass is 9.94. The van der Waals surface area contributed by atoms with E-state index in [4.69, 9.17) is 10.5 Å². The second-order valence-electron chi connectivity index (χ2n) is 4.20. The summed E-state index contributed by atoms with van der Waals surface area (Å²) in [6, 6.07) is 4.34. The molecule has 2 N–H and O–H groups in total. The number of hydrogen-bond donors (Lipinski definition) is 1. The lowest BCUT2D eigenvalue weighted by Crippen LogP contribution is -2.27. The molecule has 0 radical (unpaired) electrons. The molecule has 1 heterocycles. The minimum Gasteiger partial charge on any atom is -0.490 e. The van der Waals surface area contributed by atoms with Crippen molar-refractivity contribution < 1.29 is 4.74 Å². The predicted molar refractivity (Wildman–Crippen MR) is 57.6 cm³/mol. The fourth-order valence-electron chi connectivity index (χ4n) is 1.99. The van der Waals surface area contributed by atoms with Gasteiger partial charge in [0.1, 0.15) is 5.75 Å². The Hall–Kier alpha value is -1.02. The van der Waals surface area contributed by atoms with E-state index >= 15 is 0 Å². The van der Waals surface area contributed by atoms with Gasteiger partial charge in [0.05, 0.1) is 6.10 Å². The summed E-state index contributed by atoms with van der Waals surface area (Å²) in [6.45, 7) is 6.27. The van der Waals surface area contributed by atoms with Gasteiger partial charge in [0, 0.05) is 18.0 Å². The maximum Gasteiger partial charge on any atom is 0.127 e. The van der Waals surface area contributed by atoms with Crippen LogP contribution < -0.4 is 10.5 Å². The summed E-state index contributed by atoms with van der Waals surface area (Å²) in [5.41, 5.74) is 9.73. The Morgan fingerprint density at radius 2 is 2.07 bits per heavy atom. The van der Waals surface area contributed by atoms with E-state index in [0.717, 1.165) is 17.7 Å². The third-order valence-corrected chi connectivity index (χ3v) is 3.01. The largest absolute Gasteiger partial charge is 0.490 e. The average molecular weight is 191 g/mol. The van der Waals surface area contributed by atoms with Gasteiger partial charge < -0.3 is 10.5 Å². The first-order valence-electron chi connectivity index (χ1n) is 5.12. The summed E-state index contributed by atoms with van der Waals surface area (Å²) >= 11 is 0. The highest BCUT2D eigenvalue weighted by Crippen LogP contribution is 2.36. The minimum atomic E-state index is 0.132. The van der Waals surface area contributed by atoms with Crippen molar-refractivity contribution in [3.63, 3.8) is 0 Å². The summed E-state index contributed by atoms with van der Waals surface area (Å²) in [5, 5.41) is 0. The number of ether oxygens (including phenoxy) is 1. The summed E-state index contributed by atoms with van der Waals surface area (Å²) in [5.74, 6) is 1.01. The van der Waals surface area contributed by atoms with Crippen LogP contribution in [0.1, 0.15) is 36.1 Å². The van der Waals surface area contributed by atoms with Crippen LogP contribution in [0.3, 0.4) is 0 Å². The van der Waals surface area contributed by atoms with Crippen LogP contribution in [0, 0.1) is 13.8 Å². The van der Waals surface area contributed by atoms with Crippen LogP contribution in [0.25, 0.3) is 0 Å². The van der Waals surface area contributed by atoms with Crippen LogP contribution in [-0.2, 0) is 0 Å². The molecular formula is C12H17NO. The number of hydrogen-bond acceptors (Lipinski definition) is 2. The van der Waals surface area contributed by atoms with E-state index in [-0.39, 0.29) is 12.1 Å². The Morgan fingerprint density at radius 1 is 1.36 bits per heavy atom. The molecule has 2 atom stereocenters. The molecule has 14 heavy (non-hydrogen) atoms. The van der Waals surface area contributed by atoms with Gasteiger partial charge in [0.15, 0.2) is 0 Å². The van der Waals surface area contributed by atoms with Crippen molar-refractivity contribution in [3.05, 3.63) is 28.8 Å². The van der Waals surface area contributed by atoms with Crippen LogP contribution in [0.4, 0.5) is 0 Å². The molecule has 0 saturated heterocycles. The zero-order chi connectivity index (χ0) is 10.3. The molecule has 2 unspecified atom stereocenters. The number of fused-ring (bicyclic) bond motifs is 1. The summed E-state index contributed by atoms with van der Waals surface area (Å²) < 4.78 is 5.83. The molecular weight excluding hydrogens is 174 g/mol. The second-order valence-corrected chi connectivity index (χ2v) is 4.20. The molecule has 0 amide bonds. The molecule has 0 fully saturated rings. The molecule has 1 aromatic carbocycles. The molecule has 2 heteroatoms. The zero-order valence-corrected chi connectivity index (χ0v) is 9.00. The van der Waals surface area contributed by atoms with Gasteiger partial charge in [-0.25, -0.2) is 0 Å². The predicted octanol–water partition coefficient (Wildman–Crippen LogP) is 2.47. The number of benzene rings is 1. The topological polar surface area (TPSA) is 35.2 Å². The average Bonchev–Trinajstić information content (AvgIpc) is 2.12. The van der Waals surface area contributed by atoms with Crippen molar-refractivity contribution in [2.45, 2.75) is 39.3 Å². The van der Waals surface area contributed by atoms with Gasteiger partial charge in [-0.2, -0.15) is 0 Å². The van der Waals surface area contributed by atoms with Crippen LogP contribution in [0.15, 0.2) is 12.1 Å². The van der Waals surface area contributed by atoms with E-state index in [2.05, 4.69) is 32.9 Å². The molecule has 0 spiro atoms. The van der Waals surface area contributed by atoms with Crippen molar-refractivity contribution in [2.75, 3.05) is 0 Å². The van der Waals surface area contributed by atoms with E-state index < -0.39 is 0 Å². The van der Waals surface area contributed by atoms with Gasteiger partial charge in [0.2, 0.25) is 0 Å². The molecule has 1 aromatic rings. The van der Waals surface area contributed by atoms with Gasteiger partial charge >= 0.3 is 0 Å². The second kappa shape index (κ2) is 3.28. The Kier molecular flexibility index (Phi) is 2.23. The van der Waals surface area contributed by atoms with Crippen molar-refractivity contribution in [1.82, 2.24) is 0 Å². The van der Waals surface area contributed by atoms with E-state index in [0.29, 0.717) is 0 Å². The highest BCUT2D eigenvalue weighted by atomic mass is 16.5. The monoisotopic (exact) mass is 191 g/mol. The highest BCUT2D eigenvalue weighted by molar-refractivity contribution is 5.47. The first-order valence-corrected chi connectivity index (χ1v) is 5.12. The van der Waals surface area contributed by atoms with Gasteiger partial charge in [-0.15, -0.1) is 0 Å². The molecule has 1 aliphatic heterocycles. The van der Waals surface area contributed by atoms with Gasteiger partial charge in [-0.3, -0.25) is 0 Å². The third kappa shape index (κ3) is 1.40. The molecule has 1 aliphatic rings. The summed E-state index contributed by atoms with van der Waals surface area (Å²) in [7, 11) is 0. The number of aryl methyl sites for hydroxylation is 1. The fourth-order valence-corrected chi connectivity index (χ4v) is 1.99. The smallest absolute Gasteiger partial charge is 0.127 e.